The summed E-state index contributed by atoms with van der Waals surface area (Å²) in [6, 6.07) is 8.82. The predicted molar refractivity (Wildman–Crippen MR) is 112 cm³/mol. The van der Waals surface area contributed by atoms with Gasteiger partial charge in [-0.15, -0.1) is 0 Å². The standard InChI is InChI=1S/C24H32N2O4/c1-16(27)26-21(20-5-3-2-4-6-20)10-23(29)30-14-22(28)25-15-24-11-17-7-18(12-24)9-19(8-17)13-24/h2-6,17-19,21H,7-15H2,1H3,(H,25,28)(H,26,27)/t17?,18?,19?,21-,24?/m0/s1. The fourth-order valence-corrected chi connectivity index (χ4v) is 6.40. The topological polar surface area (TPSA) is 84.5 Å². The van der Waals surface area contributed by atoms with Crippen LogP contribution in [0, 0.1) is 23.2 Å². The minimum Gasteiger partial charge on any atom is -0.456 e. The number of carbonyl (C=O) groups excluding carboxylic acids is 3. The molecule has 4 bridgehead atoms. The molecule has 6 nitrogen and oxygen atoms in total. The van der Waals surface area contributed by atoms with E-state index >= 15 is 0 Å². The van der Waals surface area contributed by atoms with Crippen molar-refractivity contribution in [2.45, 2.75) is 57.9 Å². The van der Waals surface area contributed by atoms with E-state index in [9.17, 15) is 14.4 Å². The van der Waals surface area contributed by atoms with Crippen LogP contribution in [0.3, 0.4) is 0 Å². The first-order valence-corrected chi connectivity index (χ1v) is 11.2. The van der Waals surface area contributed by atoms with E-state index in [-0.39, 0.29) is 30.3 Å². The summed E-state index contributed by atoms with van der Waals surface area (Å²) < 4.78 is 5.21. The number of benzene rings is 1. The summed E-state index contributed by atoms with van der Waals surface area (Å²) in [7, 11) is 0. The SMILES string of the molecule is CC(=O)N[C@@H](CC(=O)OCC(=O)NCC12CC3CC(CC(C3)C1)C2)c1ccccc1. The van der Waals surface area contributed by atoms with Gasteiger partial charge in [0.15, 0.2) is 6.61 Å². The third-order valence-corrected chi connectivity index (χ3v) is 7.14. The number of esters is 1. The van der Waals surface area contributed by atoms with Gasteiger partial charge in [-0.1, -0.05) is 30.3 Å². The molecule has 0 aliphatic heterocycles. The van der Waals surface area contributed by atoms with E-state index in [1.54, 1.807) is 0 Å². The van der Waals surface area contributed by atoms with Crippen LogP contribution >= 0.6 is 0 Å². The summed E-state index contributed by atoms with van der Waals surface area (Å²) in [5.74, 6) is 1.57. The third-order valence-electron chi connectivity index (χ3n) is 7.14. The van der Waals surface area contributed by atoms with Crippen LogP contribution in [0.5, 0.6) is 0 Å². The molecule has 4 aliphatic carbocycles. The lowest BCUT2D eigenvalue weighted by molar-refractivity contribution is -0.149. The van der Waals surface area contributed by atoms with Crippen molar-refractivity contribution in [1.82, 2.24) is 10.6 Å². The number of rotatable bonds is 8. The summed E-state index contributed by atoms with van der Waals surface area (Å²) in [6.07, 6.45) is 7.81. The molecule has 0 unspecified atom stereocenters. The van der Waals surface area contributed by atoms with Crippen LogP contribution < -0.4 is 10.6 Å². The zero-order valence-corrected chi connectivity index (χ0v) is 17.7. The number of nitrogens with one attached hydrogen (secondary N) is 2. The van der Waals surface area contributed by atoms with Gasteiger partial charge in [0, 0.05) is 13.5 Å². The molecule has 2 N–H and O–H groups in total. The molecule has 4 aliphatic rings. The fourth-order valence-electron chi connectivity index (χ4n) is 6.40. The van der Waals surface area contributed by atoms with Crippen molar-refractivity contribution >= 4 is 17.8 Å². The van der Waals surface area contributed by atoms with Gasteiger partial charge in [-0.25, -0.2) is 0 Å². The van der Waals surface area contributed by atoms with Crippen LogP contribution in [-0.2, 0) is 19.1 Å². The zero-order chi connectivity index (χ0) is 21.1. The van der Waals surface area contributed by atoms with Gasteiger partial charge in [0.1, 0.15) is 0 Å². The Balaban J connectivity index is 1.23. The van der Waals surface area contributed by atoms with E-state index in [0.717, 1.165) is 23.3 Å². The molecule has 4 saturated carbocycles. The maximum Gasteiger partial charge on any atom is 0.308 e. The predicted octanol–water partition coefficient (Wildman–Crippen LogP) is 3.13. The van der Waals surface area contributed by atoms with Crippen molar-refractivity contribution < 1.29 is 19.1 Å². The molecule has 5 rings (SSSR count). The second kappa shape index (κ2) is 8.78. The van der Waals surface area contributed by atoms with Crippen molar-refractivity contribution in [2.24, 2.45) is 23.2 Å². The normalized spacial score (nSPS) is 29.8. The van der Waals surface area contributed by atoms with Gasteiger partial charge in [-0.3, -0.25) is 14.4 Å². The Labute approximate surface area is 178 Å². The van der Waals surface area contributed by atoms with Gasteiger partial charge < -0.3 is 15.4 Å². The number of carbonyl (C=O) groups is 3. The molecule has 6 heteroatoms. The molecule has 1 atom stereocenters. The molecule has 0 aromatic heterocycles. The Kier molecular flexibility index (Phi) is 6.11. The lowest BCUT2D eigenvalue weighted by atomic mass is 9.49. The van der Waals surface area contributed by atoms with Crippen LogP contribution in [0.25, 0.3) is 0 Å². The van der Waals surface area contributed by atoms with E-state index in [1.165, 1.54) is 45.4 Å². The summed E-state index contributed by atoms with van der Waals surface area (Å²) in [5, 5.41) is 5.80. The second-order valence-corrected chi connectivity index (χ2v) is 9.72. The highest BCUT2D eigenvalue weighted by molar-refractivity contribution is 5.81. The van der Waals surface area contributed by atoms with Crippen molar-refractivity contribution in [3.8, 4) is 0 Å². The van der Waals surface area contributed by atoms with E-state index in [1.807, 2.05) is 30.3 Å². The molecule has 2 amide bonds. The number of hydrogen-bond donors (Lipinski definition) is 2. The molecule has 0 heterocycles. The monoisotopic (exact) mass is 412 g/mol. The van der Waals surface area contributed by atoms with Gasteiger partial charge >= 0.3 is 5.97 Å². The molecule has 0 saturated heterocycles. The maximum atomic E-state index is 12.3. The molecule has 162 valence electrons. The third kappa shape index (κ3) is 5.02. The highest BCUT2D eigenvalue weighted by Crippen LogP contribution is 2.59. The van der Waals surface area contributed by atoms with Crippen molar-refractivity contribution in [3.05, 3.63) is 35.9 Å². The van der Waals surface area contributed by atoms with Crippen LogP contribution in [0.4, 0.5) is 0 Å². The van der Waals surface area contributed by atoms with Gasteiger partial charge in [0.2, 0.25) is 5.91 Å². The summed E-state index contributed by atoms with van der Waals surface area (Å²) in [6.45, 7) is 1.84. The lowest BCUT2D eigenvalue weighted by Crippen LogP contribution is -2.51. The molecule has 1 aromatic carbocycles. The number of amides is 2. The first kappa shape index (κ1) is 20.9. The summed E-state index contributed by atoms with van der Waals surface area (Å²) in [5.41, 5.74) is 1.09. The average Bonchev–Trinajstić information content (AvgIpc) is 2.70. The van der Waals surface area contributed by atoms with Crippen LogP contribution in [0.1, 0.15) is 63.5 Å². The van der Waals surface area contributed by atoms with Gasteiger partial charge in [-0.2, -0.15) is 0 Å². The van der Waals surface area contributed by atoms with Crippen molar-refractivity contribution in [3.63, 3.8) is 0 Å². The molecular formula is C24H32N2O4. The van der Waals surface area contributed by atoms with Crippen LogP contribution in [0.15, 0.2) is 30.3 Å². The molecule has 0 radical (unpaired) electrons. The lowest BCUT2D eigenvalue weighted by Gasteiger charge is -2.56. The second-order valence-electron chi connectivity index (χ2n) is 9.72. The molecule has 1 aromatic rings. The zero-order valence-electron chi connectivity index (χ0n) is 17.7. The highest BCUT2D eigenvalue weighted by Gasteiger charge is 2.50. The number of ether oxygens (including phenoxy) is 1. The smallest absolute Gasteiger partial charge is 0.308 e. The Bertz CT molecular complexity index is 756. The van der Waals surface area contributed by atoms with E-state index in [0.29, 0.717) is 6.54 Å². The van der Waals surface area contributed by atoms with Gasteiger partial charge in [0.25, 0.3) is 5.91 Å². The molecule has 4 fully saturated rings. The number of hydrogen-bond acceptors (Lipinski definition) is 4. The minimum absolute atomic E-state index is 0.00808. The van der Waals surface area contributed by atoms with Crippen molar-refractivity contribution in [1.29, 1.82) is 0 Å². The van der Waals surface area contributed by atoms with E-state index in [2.05, 4.69) is 10.6 Å². The van der Waals surface area contributed by atoms with Crippen LogP contribution in [0.2, 0.25) is 0 Å². The largest absolute Gasteiger partial charge is 0.456 e. The summed E-state index contributed by atoms with van der Waals surface area (Å²) in [4.78, 5) is 36.1. The van der Waals surface area contributed by atoms with Crippen LogP contribution in [-0.4, -0.2) is 30.9 Å². The van der Waals surface area contributed by atoms with E-state index < -0.39 is 12.0 Å². The van der Waals surface area contributed by atoms with E-state index in [4.69, 9.17) is 4.74 Å². The Morgan fingerprint density at radius 3 is 2.20 bits per heavy atom. The summed E-state index contributed by atoms with van der Waals surface area (Å²) >= 11 is 0. The fraction of sp³-hybridized carbons (Fsp3) is 0.625. The Hall–Kier alpha value is -2.37. The molecule has 0 spiro atoms. The average molecular weight is 413 g/mol. The van der Waals surface area contributed by atoms with Crippen molar-refractivity contribution in [2.75, 3.05) is 13.2 Å². The highest BCUT2D eigenvalue weighted by atomic mass is 16.5. The first-order valence-electron chi connectivity index (χ1n) is 11.2. The first-order chi connectivity index (χ1) is 14.4. The minimum atomic E-state index is -0.498. The molecule has 30 heavy (non-hydrogen) atoms. The van der Waals surface area contributed by atoms with Gasteiger partial charge in [-0.05, 0) is 67.3 Å². The molecular weight excluding hydrogens is 380 g/mol. The quantitative estimate of drug-likeness (QED) is 0.643. The Morgan fingerprint density at radius 2 is 1.63 bits per heavy atom. The Morgan fingerprint density at radius 1 is 1.03 bits per heavy atom. The van der Waals surface area contributed by atoms with Gasteiger partial charge in [0.05, 0.1) is 12.5 Å². The maximum absolute atomic E-state index is 12.3.